The molecule has 1 aliphatic heterocycles. The SMILES string of the molecule is Cc1ccc(S(=O)(=O)NC(=O)C2COc3ccccc3C2)c(C)c1. The van der Waals surface area contributed by atoms with Gasteiger partial charge in [0.05, 0.1) is 10.8 Å². The van der Waals surface area contributed by atoms with E-state index in [1.54, 1.807) is 19.1 Å². The Morgan fingerprint density at radius 1 is 1.17 bits per heavy atom. The first-order valence-electron chi connectivity index (χ1n) is 7.71. The summed E-state index contributed by atoms with van der Waals surface area (Å²) in [7, 11) is -3.89. The van der Waals surface area contributed by atoms with E-state index in [1.807, 2.05) is 31.2 Å². The maximum Gasteiger partial charge on any atom is 0.264 e. The predicted octanol–water partition coefficient (Wildman–Crippen LogP) is 2.36. The molecule has 1 amide bonds. The minimum absolute atomic E-state index is 0.124. The molecule has 126 valence electrons. The van der Waals surface area contributed by atoms with Gasteiger partial charge in [0.1, 0.15) is 12.4 Å². The molecular formula is C18H19NO4S. The molecule has 1 N–H and O–H groups in total. The predicted molar refractivity (Wildman–Crippen MR) is 90.4 cm³/mol. The van der Waals surface area contributed by atoms with Crippen molar-refractivity contribution < 1.29 is 17.9 Å². The van der Waals surface area contributed by atoms with Crippen LogP contribution >= 0.6 is 0 Å². The van der Waals surface area contributed by atoms with E-state index in [-0.39, 0.29) is 11.5 Å². The second kappa shape index (κ2) is 6.28. The highest BCUT2D eigenvalue weighted by Gasteiger charge is 2.29. The fourth-order valence-corrected chi connectivity index (χ4v) is 4.14. The van der Waals surface area contributed by atoms with Crippen molar-refractivity contribution in [1.29, 1.82) is 0 Å². The molecule has 1 atom stereocenters. The first-order valence-corrected chi connectivity index (χ1v) is 9.20. The lowest BCUT2D eigenvalue weighted by molar-refractivity contribution is -0.124. The first kappa shape index (κ1) is 16.5. The van der Waals surface area contributed by atoms with Gasteiger partial charge in [0.15, 0.2) is 0 Å². The average Bonchev–Trinajstić information content (AvgIpc) is 2.53. The zero-order chi connectivity index (χ0) is 17.3. The van der Waals surface area contributed by atoms with Gasteiger partial charge >= 0.3 is 0 Å². The van der Waals surface area contributed by atoms with Crippen molar-refractivity contribution in [2.45, 2.75) is 25.2 Å². The van der Waals surface area contributed by atoms with E-state index in [1.165, 1.54) is 6.07 Å². The number of sulfonamides is 1. The van der Waals surface area contributed by atoms with Crippen LogP contribution in [0.4, 0.5) is 0 Å². The Morgan fingerprint density at radius 3 is 2.67 bits per heavy atom. The minimum atomic E-state index is -3.89. The highest BCUT2D eigenvalue weighted by atomic mass is 32.2. The maximum absolute atomic E-state index is 12.5. The van der Waals surface area contributed by atoms with E-state index in [2.05, 4.69) is 4.72 Å². The monoisotopic (exact) mass is 345 g/mol. The van der Waals surface area contributed by atoms with Crippen LogP contribution in [0.2, 0.25) is 0 Å². The van der Waals surface area contributed by atoms with E-state index >= 15 is 0 Å². The number of para-hydroxylation sites is 1. The summed E-state index contributed by atoms with van der Waals surface area (Å²) in [6.45, 7) is 3.77. The summed E-state index contributed by atoms with van der Waals surface area (Å²) in [5.41, 5.74) is 2.49. The van der Waals surface area contributed by atoms with Crippen LogP contribution in [0, 0.1) is 19.8 Å². The number of fused-ring (bicyclic) bond motifs is 1. The molecule has 24 heavy (non-hydrogen) atoms. The largest absolute Gasteiger partial charge is 0.492 e. The molecule has 6 heteroatoms. The summed E-state index contributed by atoms with van der Waals surface area (Å²) in [6, 6.07) is 12.5. The Hall–Kier alpha value is -2.34. The first-order chi connectivity index (χ1) is 11.4. The Balaban J connectivity index is 1.77. The molecule has 0 saturated carbocycles. The molecule has 5 nitrogen and oxygen atoms in total. The summed E-state index contributed by atoms with van der Waals surface area (Å²) in [5, 5.41) is 0. The van der Waals surface area contributed by atoms with E-state index in [4.69, 9.17) is 4.74 Å². The van der Waals surface area contributed by atoms with Crippen molar-refractivity contribution in [2.24, 2.45) is 5.92 Å². The van der Waals surface area contributed by atoms with Gasteiger partial charge in [0.25, 0.3) is 10.0 Å². The van der Waals surface area contributed by atoms with Gasteiger partial charge in [-0.25, -0.2) is 13.1 Å². The fraction of sp³-hybridized carbons (Fsp3) is 0.278. The van der Waals surface area contributed by atoms with Crippen LogP contribution in [0.5, 0.6) is 5.75 Å². The summed E-state index contributed by atoms with van der Waals surface area (Å²) in [6.07, 6.45) is 0.463. The lowest BCUT2D eigenvalue weighted by atomic mass is 9.96. The molecule has 2 aromatic rings. The molecule has 0 bridgehead atoms. The second-order valence-corrected chi connectivity index (χ2v) is 7.71. The number of carbonyl (C=O) groups is 1. The number of carbonyl (C=O) groups excluding carboxylic acids is 1. The Bertz CT molecular complexity index is 890. The molecule has 1 aliphatic rings. The third-order valence-electron chi connectivity index (χ3n) is 4.10. The van der Waals surface area contributed by atoms with Crippen molar-refractivity contribution in [3.05, 3.63) is 59.2 Å². The Labute approximate surface area is 141 Å². The molecule has 1 heterocycles. The van der Waals surface area contributed by atoms with Crippen molar-refractivity contribution in [1.82, 2.24) is 4.72 Å². The average molecular weight is 345 g/mol. The van der Waals surface area contributed by atoms with Gasteiger partial charge in [0, 0.05) is 0 Å². The van der Waals surface area contributed by atoms with Crippen molar-refractivity contribution in [3.8, 4) is 5.75 Å². The zero-order valence-electron chi connectivity index (χ0n) is 13.6. The van der Waals surface area contributed by atoms with Crippen LogP contribution < -0.4 is 9.46 Å². The van der Waals surface area contributed by atoms with Crippen LogP contribution in [0.15, 0.2) is 47.4 Å². The number of amides is 1. The molecule has 1 unspecified atom stereocenters. The van der Waals surface area contributed by atoms with Gasteiger partial charge in [-0.2, -0.15) is 0 Å². The number of hydrogen-bond donors (Lipinski definition) is 1. The molecule has 0 aliphatic carbocycles. The zero-order valence-corrected chi connectivity index (χ0v) is 14.4. The number of hydrogen-bond acceptors (Lipinski definition) is 4. The minimum Gasteiger partial charge on any atom is -0.492 e. The van der Waals surface area contributed by atoms with Crippen LogP contribution in [0.25, 0.3) is 0 Å². The normalized spacial score (nSPS) is 16.8. The molecule has 0 aromatic heterocycles. The summed E-state index contributed by atoms with van der Waals surface area (Å²) in [5.74, 6) is -0.316. The quantitative estimate of drug-likeness (QED) is 0.927. The molecule has 2 aromatic carbocycles. The summed E-state index contributed by atoms with van der Waals surface area (Å²) in [4.78, 5) is 12.5. The van der Waals surface area contributed by atoms with Crippen molar-refractivity contribution >= 4 is 15.9 Å². The van der Waals surface area contributed by atoms with Gasteiger partial charge in [-0.05, 0) is 43.5 Å². The van der Waals surface area contributed by atoms with E-state index in [9.17, 15) is 13.2 Å². The third kappa shape index (κ3) is 3.28. The maximum atomic E-state index is 12.5. The highest BCUT2D eigenvalue weighted by molar-refractivity contribution is 7.90. The summed E-state index contributed by atoms with van der Waals surface area (Å²) >= 11 is 0. The molecular weight excluding hydrogens is 326 g/mol. The van der Waals surface area contributed by atoms with Gasteiger partial charge < -0.3 is 4.74 Å². The molecule has 0 fully saturated rings. The Morgan fingerprint density at radius 2 is 1.92 bits per heavy atom. The topological polar surface area (TPSA) is 72.5 Å². The standard InChI is InChI=1S/C18H19NO4S/c1-12-7-8-17(13(2)9-12)24(21,22)19-18(20)15-10-14-5-3-4-6-16(14)23-11-15/h3-9,15H,10-11H2,1-2H3,(H,19,20). The second-order valence-electron chi connectivity index (χ2n) is 6.06. The molecule has 0 spiro atoms. The van der Waals surface area contributed by atoms with Crippen LogP contribution in [0.3, 0.4) is 0 Å². The number of rotatable bonds is 3. The molecule has 0 radical (unpaired) electrons. The number of ether oxygens (including phenoxy) is 1. The highest BCUT2D eigenvalue weighted by Crippen LogP contribution is 2.27. The summed E-state index contributed by atoms with van der Waals surface area (Å²) < 4.78 is 32.7. The van der Waals surface area contributed by atoms with Gasteiger partial charge in [-0.3, -0.25) is 4.79 Å². The van der Waals surface area contributed by atoms with Gasteiger partial charge in [0.2, 0.25) is 5.91 Å². The van der Waals surface area contributed by atoms with Crippen LogP contribution in [0.1, 0.15) is 16.7 Å². The number of benzene rings is 2. The van der Waals surface area contributed by atoms with Crippen molar-refractivity contribution in [2.75, 3.05) is 6.61 Å². The number of nitrogens with one attached hydrogen (secondary N) is 1. The van der Waals surface area contributed by atoms with Crippen LogP contribution in [-0.2, 0) is 21.2 Å². The fourth-order valence-electron chi connectivity index (χ4n) is 2.87. The third-order valence-corrected chi connectivity index (χ3v) is 5.61. The van der Waals surface area contributed by atoms with E-state index in [0.29, 0.717) is 12.0 Å². The molecule has 3 rings (SSSR count). The number of aryl methyl sites for hydroxylation is 2. The Kier molecular flexibility index (Phi) is 4.32. The van der Waals surface area contributed by atoms with Crippen molar-refractivity contribution in [3.63, 3.8) is 0 Å². The van der Waals surface area contributed by atoms with Gasteiger partial charge in [-0.1, -0.05) is 35.9 Å². The molecule has 0 saturated heterocycles. The van der Waals surface area contributed by atoms with E-state index < -0.39 is 21.8 Å². The smallest absolute Gasteiger partial charge is 0.264 e. The van der Waals surface area contributed by atoms with Crippen LogP contribution in [-0.4, -0.2) is 20.9 Å². The van der Waals surface area contributed by atoms with Gasteiger partial charge in [-0.15, -0.1) is 0 Å². The lowest BCUT2D eigenvalue weighted by Crippen LogP contribution is -2.40. The van der Waals surface area contributed by atoms with E-state index in [0.717, 1.165) is 16.9 Å². The lowest BCUT2D eigenvalue weighted by Gasteiger charge is -2.24.